The van der Waals surface area contributed by atoms with Crippen molar-refractivity contribution in [3.63, 3.8) is 0 Å². The molecule has 0 radical (unpaired) electrons. The molecule has 0 saturated carbocycles. The largest absolute Gasteiger partial charge is 0.298 e. The molecule has 0 aliphatic heterocycles. The molecule has 0 bridgehead atoms. The van der Waals surface area contributed by atoms with Crippen LogP contribution >= 0.6 is 0 Å². The smallest absolute Gasteiger partial charge is 0.248 e. The zero-order chi connectivity index (χ0) is 23.0. The molecule has 9 heteroatoms. The fourth-order valence-corrected chi connectivity index (χ4v) is 3.10. The third-order valence-electron chi connectivity index (χ3n) is 4.65. The summed E-state index contributed by atoms with van der Waals surface area (Å²) in [7, 11) is 0. The number of benzene rings is 3. The van der Waals surface area contributed by atoms with Crippen molar-refractivity contribution < 1.29 is 0 Å². The second-order valence-corrected chi connectivity index (χ2v) is 7.66. The second-order valence-electron chi connectivity index (χ2n) is 7.66. The van der Waals surface area contributed by atoms with Gasteiger partial charge in [0, 0.05) is 0 Å². The lowest BCUT2D eigenvalue weighted by molar-refractivity contribution is 1.03. The van der Waals surface area contributed by atoms with Crippen LogP contribution in [0.15, 0.2) is 72.8 Å². The highest BCUT2D eigenvalue weighted by molar-refractivity contribution is 5.55. The average molecular weight is 442 g/mol. The Morgan fingerprint density at radius 3 is 1.00 bits per heavy atom. The van der Waals surface area contributed by atoms with Crippen LogP contribution in [-0.2, 0) is 0 Å². The lowest BCUT2D eigenvalue weighted by atomic mass is 10.2. The molecule has 0 aliphatic carbocycles. The molecule has 0 unspecified atom stereocenters. The van der Waals surface area contributed by atoms with Gasteiger partial charge in [0.15, 0.2) is 0 Å². The van der Waals surface area contributed by atoms with Crippen LogP contribution in [0.4, 0.5) is 34.9 Å². The van der Waals surface area contributed by atoms with Crippen LogP contribution in [0.25, 0.3) is 0 Å². The van der Waals surface area contributed by atoms with E-state index in [-0.39, 0.29) is 0 Å². The Hall–Kier alpha value is -4.53. The molecule has 0 atom stereocenters. The Balaban J connectivity index is 1.50. The molecule has 168 valence electrons. The number of hydrazine groups is 3. The van der Waals surface area contributed by atoms with Gasteiger partial charge in [-0.1, -0.05) is 36.4 Å². The van der Waals surface area contributed by atoms with Gasteiger partial charge in [-0.05, 0) is 73.9 Å². The van der Waals surface area contributed by atoms with Gasteiger partial charge in [-0.25, -0.2) is 0 Å². The van der Waals surface area contributed by atoms with E-state index in [0.29, 0.717) is 17.8 Å². The lowest BCUT2D eigenvalue weighted by Crippen LogP contribution is -2.19. The first-order chi connectivity index (χ1) is 16.0. The highest BCUT2D eigenvalue weighted by Gasteiger charge is 2.07. The van der Waals surface area contributed by atoms with Gasteiger partial charge in [0.25, 0.3) is 0 Å². The van der Waals surface area contributed by atoms with Crippen molar-refractivity contribution in [2.45, 2.75) is 20.8 Å². The molecule has 0 saturated heterocycles. The normalized spacial score (nSPS) is 10.3. The van der Waals surface area contributed by atoms with Gasteiger partial charge in [-0.3, -0.25) is 32.6 Å². The molecule has 1 aromatic heterocycles. The zero-order valence-corrected chi connectivity index (χ0v) is 18.8. The van der Waals surface area contributed by atoms with E-state index >= 15 is 0 Å². The molecule has 1 heterocycles. The van der Waals surface area contributed by atoms with Gasteiger partial charge < -0.3 is 0 Å². The molecule has 0 fully saturated rings. The van der Waals surface area contributed by atoms with Gasteiger partial charge in [-0.15, -0.1) is 0 Å². The van der Waals surface area contributed by atoms with Crippen LogP contribution in [0, 0.1) is 20.8 Å². The van der Waals surface area contributed by atoms with Crippen LogP contribution in [-0.4, -0.2) is 15.0 Å². The predicted molar refractivity (Wildman–Crippen MR) is 135 cm³/mol. The number of anilines is 6. The van der Waals surface area contributed by atoms with Gasteiger partial charge in [0.1, 0.15) is 0 Å². The molecule has 0 amide bonds. The third kappa shape index (κ3) is 6.47. The molecule has 9 nitrogen and oxygen atoms in total. The van der Waals surface area contributed by atoms with E-state index in [4.69, 9.17) is 0 Å². The van der Waals surface area contributed by atoms with E-state index in [1.54, 1.807) is 0 Å². The summed E-state index contributed by atoms with van der Waals surface area (Å²) in [6.45, 7) is 6.10. The fourth-order valence-electron chi connectivity index (χ4n) is 3.10. The van der Waals surface area contributed by atoms with Crippen molar-refractivity contribution >= 4 is 34.9 Å². The monoisotopic (exact) mass is 441 g/mol. The van der Waals surface area contributed by atoms with Crippen molar-refractivity contribution in [1.82, 2.24) is 15.0 Å². The predicted octanol–water partition coefficient (Wildman–Crippen LogP) is 5.11. The number of nitrogens with one attached hydrogen (secondary N) is 6. The Bertz CT molecular complexity index is 1060. The van der Waals surface area contributed by atoms with Crippen LogP contribution in [0.1, 0.15) is 16.7 Å². The minimum atomic E-state index is 0.341. The average Bonchev–Trinajstić information content (AvgIpc) is 2.80. The van der Waals surface area contributed by atoms with Crippen LogP contribution in [0.3, 0.4) is 0 Å². The number of rotatable bonds is 9. The first kappa shape index (κ1) is 21.7. The van der Waals surface area contributed by atoms with Crippen molar-refractivity contribution in [3.05, 3.63) is 89.5 Å². The number of nitrogens with zero attached hydrogens (tertiary/aromatic N) is 3. The molecular weight excluding hydrogens is 414 g/mol. The SMILES string of the molecule is Cc1cccc(NNc2nc(NNc3cccc(C)c3)nc(NNc3cccc(C)c3)n2)c1. The van der Waals surface area contributed by atoms with E-state index in [1.807, 2.05) is 93.6 Å². The quantitative estimate of drug-likeness (QED) is 0.197. The summed E-state index contributed by atoms with van der Waals surface area (Å²) in [5, 5.41) is 0. The summed E-state index contributed by atoms with van der Waals surface area (Å²) >= 11 is 0. The summed E-state index contributed by atoms with van der Waals surface area (Å²) in [6, 6.07) is 24.0. The molecule has 4 aromatic rings. The molecule has 4 rings (SSSR count). The summed E-state index contributed by atoms with van der Waals surface area (Å²) in [5.74, 6) is 1.02. The van der Waals surface area contributed by atoms with E-state index in [1.165, 1.54) is 0 Å². The third-order valence-corrected chi connectivity index (χ3v) is 4.65. The highest BCUT2D eigenvalue weighted by atomic mass is 15.5. The Kier molecular flexibility index (Phi) is 6.70. The second kappa shape index (κ2) is 10.2. The summed E-state index contributed by atoms with van der Waals surface area (Å²) in [4.78, 5) is 13.3. The first-order valence-electron chi connectivity index (χ1n) is 10.6. The van der Waals surface area contributed by atoms with E-state index in [2.05, 4.69) is 47.5 Å². The fraction of sp³-hybridized carbons (Fsp3) is 0.125. The van der Waals surface area contributed by atoms with Gasteiger partial charge in [0.2, 0.25) is 17.8 Å². The molecule has 0 spiro atoms. The van der Waals surface area contributed by atoms with E-state index in [0.717, 1.165) is 33.8 Å². The van der Waals surface area contributed by atoms with Crippen LogP contribution in [0.2, 0.25) is 0 Å². The molecule has 0 aliphatic rings. The van der Waals surface area contributed by atoms with Crippen LogP contribution < -0.4 is 32.6 Å². The molecule has 3 aromatic carbocycles. The van der Waals surface area contributed by atoms with Crippen molar-refractivity contribution in [2.24, 2.45) is 0 Å². The van der Waals surface area contributed by atoms with Gasteiger partial charge >= 0.3 is 0 Å². The standard InChI is InChI=1S/C24H27N9/c1-16-7-4-10-19(13-16)28-31-22-25-23(32-29-20-11-5-8-17(2)14-20)27-24(26-22)33-30-21-12-6-9-18(3)15-21/h4-15,28-30H,1-3H3,(H3,25,26,27,31,32,33). The summed E-state index contributed by atoms with van der Waals surface area (Å²) in [5.41, 5.74) is 24.6. The van der Waals surface area contributed by atoms with Crippen molar-refractivity contribution in [3.8, 4) is 0 Å². The minimum Gasteiger partial charge on any atom is -0.298 e. The topological polar surface area (TPSA) is 111 Å². The number of hydrogen-bond donors (Lipinski definition) is 6. The van der Waals surface area contributed by atoms with Crippen molar-refractivity contribution in [1.29, 1.82) is 0 Å². The Morgan fingerprint density at radius 1 is 0.424 bits per heavy atom. The van der Waals surface area contributed by atoms with E-state index < -0.39 is 0 Å². The Labute approximate surface area is 193 Å². The van der Waals surface area contributed by atoms with E-state index in [9.17, 15) is 0 Å². The minimum absolute atomic E-state index is 0.341. The molecular formula is C24H27N9. The van der Waals surface area contributed by atoms with Gasteiger partial charge in [-0.2, -0.15) is 15.0 Å². The number of hydrogen-bond acceptors (Lipinski definition) is 9. The van der Waals surface area contributed by atoms with Gasteiger partial charge in [0.05, 0.1) is 17.1 Å². The highest BCUT2D eigenvalue weighted by Crippen LogP contribution is 2.15. The summed E-state index contributed by atoms with van der Waals surface area (Å²) in [6.07, 6.45) is 0. The first-order valence-corrected chi connectivity index (χ1v) is 10.6. The van der Waals surface area contributed by atoms with Crippen molar-refractivity contribution in [2.75, 3.05) is 32.6 Å². The lowest BCUT2D eigenvalue weighted by Gasteiger charge is -2.14. The molecule has 33 heavy (non-hydrogen) atoms. The zero-order valence-electron chi connectivity index (χ0n) is 18.8. The summed E-state index contributed by atoms with van der Waals surface area (Å²) < 4.78 is 0. The number of aryl methyl sites for hydroxylation is 3. The maximum absolute atomic E-state index is 4.44. The van der Waals surface area contributed by atoms with Crippen LogP contribution in [0.5, 0.6) is 0 Å². The number of aromatic nitrogens is 3. The maximum atomic E-state index is 4.44. The maximum Gasteiger partial charge on any atom is 0.248 e. The molecule has 6 N–H and O–H groups in total. The Morgan fingerprint density at radius 2 is 0.727 bits per heavy atom.